The molecule has 3 aromatic rings. The molecule has 0 aliphatic heterocycles. The van der Waals surface area contributed by atoms with Crippen LogP contribution < -0.4 is 40.3 Å². The molecule has 0 saturated heterocycles. The van der Waals surface area contributed by atoms with E-state index in [1.54, 1.807) is 70.5 Å². The van der Waals surface area contributed by atoms with Crippen molar-refractivity contribution in [3.8, 4) is 34.1 Å². The monoisotopic (exact) mass is 621 g/mol. The lowest BCUT2D eigenvalue weighted by Crippen LogP contribution is -2.36. The van der Waals surface area contributed by atoms with Crippen molar-refractivity contribution in [3.05, 3.63) is 69.9 Å². The van der Waals surface area contributed by atoms with Crippen molar-refractivity contribution in [1.29, 1.82) is 0 Å². The number of thioether (sulfide) groups is 1. The van der Waals surface area contributed by atoms with Crippen LogP contribution in [0.5, 0.6) is 23.0 Å². The third-order valence-corrected chi connectivity index (χ3v) is 8.17. The molecule has 2 unspecified atom stereocenters. The van der Waals surface area contributed by atoms with Gasteiger partial charge in [-0.05, 0) is 90.4 Å². The molecule has 1 aliphatic carbocycles. The van der Waals surface area contributed by atoms with Crippen LogP contribution >= 0.6 is 11.8 Å². The van der Waals surface area contributed by atoms with Gasteiger partial charge in [-0.15, -0.1) is 0 Å². The number of carbonyl (C=O) groups is 2. The Labute approximate surface area is 261 Å². The number of nitrogens with one attached hydrogen (secondary N) is 3. The first-order valence-electron chi connectivity index (χ1n) is 14.2. The molecule has 0 bridgehead atoms. The molecule has 3 aromatic carbocycles. The molecule has 10 nitrogen and oxygen atoms in total. The van der Waals surface area contributed by atoms with Crippen LogP contribution in [-0.4, -0.2) is 58.3 Å². The van der Waals surface area contributed by atoms with Crippen molar-refractivity contribution in [1.82, 2.24) is 5.32 Å². The van der Waals surface area contributed by atoms with Crippen LogP contribution in [0.3, 0.4) is 0 Å². The summed E-state index contributed by atoms with van der Waals surface area (Å²) in [5.74, 6) is 2.33. The minimum Gasteiger partial charge on any atom is -0.497 e. The minimum absolute atomic E-state index is 0.210. The Morgan fingerprint density at radius 2 is 1.68 bits per heavy atom. The van der Waals surface area contributed by atoms with Gasteiger partial charge in [-0.25, -0.2) is 0 Å². The van der Waals surface area contributed by atoms with Gasteiger partial charge >= 0.3 is 0 Å². The molecular formula is C33H39N3O7S. The summed E-state index contributed by atoms with van der Waals surface area (Å²) in [5, 5.41) is 9.15. The predicted octanol–water partition coefficient (Wildman–Crippen LogP) is 5.04. The second-order valence-corrected chi connectivity index (χ2v) is 11.3. The van der Waals surface area contributed by atoms with Gasteiger partial charge < -0.3 is 34.9 Å². The first-order valence-corrected chi connectivity index (χ1v) is 15.6. The number of rotatable bonds is 12. The first-order chi connectivity index (χ1) is 21.2. The fourth-order valence-electron chi connectivity index (χ4n) is 5.42. The van der Waals surface area contributed by atoms with E-state index >= 15 is 0 Å². The van der Waals surface area contributed by atoms with Gasteiger partial charge in [-0.2, -0.15) is 11.8 Å². The average Bonchev–Trinajstić information content (AvgIpc) is 3.26. The molecule has 44 heavy (non-hydrogen) atoms. The van der Waals surface area contributed by atoms with Gasteiger partial charge in [0.1, 0.15) is 11.8 Å². The van der Waals surface area contributed by atoms with E-state index < -0.39 is 12.1 Å². The molecule has 11 heteroatoms. The number of benzene rings is 2. The zero-order valence-electron chi connectivity index (χ0n) is 25.9. The van der Waals surface area contributed by atoms with E-state index in [4.69, 9.17) is 18.9 Å². The number of carbonyl (C=O) groups excluding carboxylic acids is 2. The fourth-order valence-corrected chi connectivity index (χ4v) is 5.89. The Bertz CT molecular complexity index is 1560. The molecule has 0 spiro atoms. The van der Waals surface area contributed by atoms with E-state index in [0.29, 0.717) is 64.8 Å². The molecule has 0 radical (unpaired) electrons. The highest BCUT2D eigenvalue weighted by Crippen LogP contribution is 2.50. The number of ether oxygens (including phenoxy) is 4. The Morgan fingerprint density at radius 1 is 0.955 bits per heavy atom. The van der Waals surface area contributed by atoms with E-state index in [2.05, 4.69) is 16.0 Å². The van der Waals surface area contributed by atoms with Crippen molar-refractivity contribution in [3.63, 3.8) is 0 Å². The lowest BCUT2D eigenvalue weighted by molar-refractivity contribution is -0.120. The second kappa shape index (κ2) is 14.9. The predicted molar refractivity (Wildman–Crippen MR) is 175 cm³/mol. The zero-order valence-corrected chi connectivity index (χ0v) is 26.7. The minimum atomic E-state index is -0.684. The highest BCUT2D eigenvalue weighted by atomic mass is 32.2. The van der Waals surface area contributed by atoms with Crippen molar-refractivity contribution in [2.24, 2.45) is 0 Å². The van der Waals surface area contributed by atoms with Gasteiger partial charge in [0.25, 0.3) is 0 Å². The summed E-state index contributed by atoms with van der Waals surface area (Å²) in [6, 6.07) is 12.9. The summed E-state index contributed by atoms with van der Waals surface area (Å²) in [6.07, 6.45) is 3.60. The molecule has 0 saturated carbocycles. The number of hydrogen-bond donors (Lipinski definition) is 3. The van der Waals surface area contributed by atoms with Gasteiger partial charge in [0.15, 0.2) is 11.5 Å². The van der Waals surface area contributed by atoms with Crippen LogP contribution in [0, 0.1) is 0 Å². The third kappa shape index (κ3) is 7.21. The second-order valence-electron chi connectivity index (χ2n) is 10.3. The summed E-state index contributed by atoms with van der Waals surface area (Å²) < 4.78 is 22.3. The Balaban J connectivity index is 1.81. The third-order valence-electron chi connectivity index (χ3n) is 7.53. The zero-order chi connectivity index (χ0) is 31.8. The van der Waals surface area contributed by atoms with E-state index in [0.717, 1.165) is 11.1 Å². The lowest BCUT2D eigenvalue weighted by Gasteiger charge is -2.19. The molecule has 0 aromatic heterocycles. The summed E-state index contributed by atoms with van der Waals surface area (Å²) >= 11 is 1.61. The number of anilines is 2. The van der Waals surface area contributed by atoms with Crippen LogP contribution in [0.1, 0.15) is 36.9 Å². The maximum Gasteiger partial charge on any atom is 0.246 e. The normalized spacial score (nSPS) is 14.2. The summed E-state index contributed by atoms with van der Waals surface area (Å²) in [4.78, 5) is 39.4. The van der Waals surface area contributed by atoms with E-state index in [9.17, 15) is 14.4 Å². The number of aryl methyl sites for hydroxylation is 1. The largest absolute Gasteiger partial charge is 0.497 e. The molecule has 0 fully saturated rings. The van der Waals surface area contributed by atoms with Crippen LogP contribution in [0.25, 0.3) is 11.1 Å². The Kier molecular flexibility index (Phi) is 11.0. The standard InChI is InChI=1S/C33H39N3O7S/c1-19(37)34-25-13-7-20-17-29(41-3)31(42-4)32(43-5)30(20)23-12-14-26(28(38)18-24(23)25)36-27(15-16-44-6)33(39)35-21-8-10-22(40-2)11-9-21/h8-12,14,17-18,25,27H,7,13,15-16H2,1-6H3,(H,34,37)(H,35,39)(H,36,38). The number of hydrogen-bond acceptors (Lipinski definition) is 9. The smallest absolute Gasteiger partial charge is 0.246 e. The highest BCUT2D eigenvalue weighted by Gasteiger charge is 2.30. The van der Waals surface area contributed by atoms with Gasteiger partial charge in [-0.1, -0.05) is 6.07 Å². The molecule has 4 rings (SSSR count). The van der Waals surface area contributed by atoms with Gasteiger partial charge in [0.05, 0.1) is 40.2 Å². The molecular weight excluding hydrogens is 582 g/mol. The quantitative estimate of drug-likeness (QED) is 0.255. The number of fused-ring (bicyclic) bond motifs is 3. The van der Waals surface area contributed by atoms with Crippen molar-refractivity contribution >= 4 is 35.0 Å². The topological polar surface area (TPSA) is 124 Å². The molecule has 2 atom stereocenters. The van der Waals surface area contributed by atoms with Gasteiger partial charge in [0, 0.05) is 18.2 Å². The lowest BCUT2D eigenvalue weighted by atomic mass is 9.95. The van der Waals surface area contributed by atoms with Crippen molar-refractivity contribution < 1.29 is 28.5 Å². The molecule has 2 amide bonds. The van der Waals surface area contributed by atoms with Crippen molar-refractivity contribution in [2.45, 2.75) is 38.3 Å². The number of amides is 2. The summed E-state index contributed by atoms with van der Waals surface area (Å²) in [7, 11) is 6.24. The molecule has 0 heterocycles. The maximum absolute atomic E-state index is 13.8. The fraction of sp³-hybridized carbons (Fsp3) is 0.364. The van der Waals surface area contributed by atoms with Crippen molar-refractivity contribution in [2.75, 3.05) is 51.1 Å². The number of methoxy groups -OCH3 is 4. The molecule has 3 N–H and O–H groups in total. The SMILES string of the molecule is COc1ccc(NC(=O)C(CCSC)Nc2ccc3c(cc2=O)C(NC(C)=O)CCc2cc(OC)c(OC)c(OC)c2-3)cc1. The van der Waals surface area contributed by atoms with Gasteiger partial charge in [-0.3, -0.25) is 14.4 Å². The van der Waals surface area contributed by atoms with E-state index in [1.165, 1.54) is 13.0 Å². The van der Waals surface area contributed by atoms with Crippen LogP contribution in [0.4, 0.5) is 11.4 Å². The first kappa shape index (κ1) is 32.5. The molecule has 1 aliphatic rings. The Hall–Kier alpha value is -4.38. The van der Waals surface area contributed by atoms with Gasteiger partial charge in [0.2, 0.25) is 23.0 Å². The van der Waals surface area contributed by atoms with Crippen LogP contribution in [-0.2, 0) is 16.0 Å². The van der Waals surface area contributed by atoms with E-state index in [1.807, 2.05) is 18.4 Å². The maximum atomic E-state index is 13.8. The van der Waals surface area contributed by atoms with E-state index in [-0.39, 0.29) is 22.9 Å². The molecule has 234 valence electrons. The highest BCUT2D eigenvalue weighted by molar-refractivity contribution is 7.98. The Morgan fingerprint density at radius 3 is 2.30 bits per heavy atom. The van der Waals surface area contributed by atoms with Crippen LogP contribution in [0.15, 0.2) is 53.3 Å². The summed E-state index contributed by atoms with van der Waals surface area (Å²) in [5.41, 5.74) is 3.61. The summed E-state index contributed by atoms with van der Waals surface area (Å²) in [6.45, 7) is 1.45. The average molecular weight is 622 g/mol. The van der Waals surface area contributed by atoms with Crippen LogP contribution in [0.2, 0.25) is 0 Å².